The number of hydrogen-bond donors (Lipinski definition) is 1. The molecule has 0 aliphatic carbocycles. The second-order valence-electron chi connectivity index (χ2n) is 5.75. The number of thiazole rings is 1. The molecule has 1 aromatic rings. The molecule has 19 heavy (non-hydrogen) atoms. The monoisotopic (exact) mass is 283 g/mol. The molecule has 1 unspecified atom stereocenters. The van der Waals surface area contributed by atoms with Crippen LogP contribution in [0.5, 0.6) is 0 Å². The first-order valence-corrected chi connectivity index (χ1v) is 7.84. The van der Waals surface area contributed by atoms with E-state index in [0.717, 1.165) is 28.2 Å². The number of hydrogen-bond acceptors (Lipinski definition) is 5. The SMILES string of the molecule is Cc1nc(N(C)CC2CCN(C)CC2)sc1C(C)O. The van der Waals surface area contributed by atoms with Crippen LogP contribution < -0.4 is 4.90 Å². The number of aromatic nitrogens is 1. The number of anilines is 1. The van der Waals surface area contributed by atoms with Gasteiger partial charge in [-0.05, 0) is 52.7 Å². The minimum atomic E-state index is -0.414. The molecule has 108 valence electrons. The van der Waals surface area contributed by atoms with Crippen molar-refractivity contribution in [2.24, 2.45) is 5.92 Å². The van der Waals surface area contributed by atoms with E-state index in [4.69, 9.17) is 0 Å². The highest BCUT2D eigenvalue weighted by Gasteiger charge is 2.20. The van der Waals surface area contributed by atoms with Crippen LogP contribution in [0, 0.1) is 12.8 Å². The maximum atomic E-state index is 9.70. The summed E-state index contributed by atoms with van der Waals surface area (Å²) >= 11 is 1.62. The van der Waals surface area contributed by atoms with Gasteiger partial charge in [0.05, 0.1) is 16.7 Å². The molecular formula is C14H25N3OS. The van der Waals surface area contributed by atoms with Gasteiger partial charge in [-0.15, -0.1) is 0 Å². The van der Waals surface area contributed by atoms with Gasteiger partial charge in [-0.25, -0.2) is 4.98 Å². The molecule has 1 fully saturated rings. The summed E-state index contributed by atoms with van der Waals surface area (Å²) in [5, 5.41) is 10.7. The lowest BCUT2D eigenvalue weighted by Gasteiger charge is -2.31. The van der Waals surface area contributed by atoms with Crippen LogP contribution in [0.2, 0.25) is 0 Å². The average molecular weight is 283 g/mol. The van der Waals surface area contributed by atoms with Crippen molar-refractivity contribution in [3.05, 3.63) is 10.6 Å². The van der Waals surface area contributed by atoms with Crippen LogP contribution in [0.25, 0.3) is 0 Å². The molecule has 0 radical (unpaired) electrons. The highest BCUT2D eigenvalue weighted by Crippen LogP contribution is 2.31. The van der Waals surface area contributed by atoms with E-state index in [1.54, 1.807) is 18.3 Å². The van der Waals surface area contributed by atoms with Crippen molar-refractivity contribution in [2.45, 2.75) is 32.8 Å². The number of nitrogens with zero attached hydrogens (tertiary/aromatic N) is 3. The number of rotatable bonds is 4. The molecule has 1 aliphatic rings. The van der Waals surface area contributed by atoms with E-state index in [-0.39, 0.29) is 0 Å². The summed E-state index contributed by atoms with van der Waals surface area (Å²) < 4.78 is 0. The molecule has 1 aromatic heterocycles. The van der Waals surface area contributed by atoms with Crippen LogP contribution in [0.3, 0.4) is 0 Å². The van der Waals surface area contributed by atoms with Crippen LogP contribution >= 0.6 is 11.3 Å². The summed E-state index contributed by atoms with van der Waals surface area (Å²) in [6, 6.07) is 0. The van der Waals surface area contributed by atoms with Crippen LogP contribution in [-0.2, 0) is 0 Å². The third-order valence-electron chi connectivity index (χ3n) is 3.90. The summed E-state index contributed by atoms with van der Waals surface area (Å²) in [6.45, 7) is 7.26. The van der Waals surface area contributed by atoms with Gasteiger partial charge < -0.3 is 14.9 Å². The van der Waals surface area contributed by atoms with Gasteiger partial charge in [-0.2, -0.15) is 0 Å². The summed E-state index contributed by atoms with van der Waals surface area (Å²) in [5.41, 5.74) is 0.963. The molecule has 0 saturated carbocycles. The van der Waals surface area contributed by atoms with E-state index in [0.29, 0.717) is 0 Å². The quantitative estimate of drug-likeness (QED) is 0.920. The smallest absolute Gasteiger partial charge is 0.185 e. The predicted molar refractivity (Wildman–Crippen MR) is 81.0 cm³/mol. The van der Waals surface area contributed by atoms with E-state index in [1.807, 2.05) is 6.92 Å². The molecule has 1 aliphatic heterocycles. The Balaban J connectivity index is 1.96. The Morgan fingerprint density at radius 3 is 2.63 bits per heavy atom. The van der Waals surface area contributed by atoms with Crippen molar-refractivity contribution in [3.8, 4) is 0 Å². The molecule has 2 heterocycles. The zero-order chi connectivity index (χ0) is 14.0. The van der Waals surface area contributed by atoms with Gasteiger partial charge in [0.1, 0.15) is 0 Å². The Hall–Kier alpha value is -0.650. The molecule has 0 aromatic carbocycles. The summed E-state index contributed by atoms with van der Waals surface area (Å²) in [5.74, 6) is 0.764. The van der Waals surface area contributed by atoms with Crippen molar-refractivity contribution < 1.29 is 5.11 Å². The molecule has 5 heteroatoms. The van der Waals surface area contributed by atoms with E-state index in [1.165, 1.54) is 25.9 Å². The largest absolute Gasteiger partial charge is 0.388 e. The first-order valence-electron chi connectivity index (χ1n) is 7.02. The zero-order valence-electron chi connectivity index (χ0n) is 12.4. The highest BCUT2D eigenvalue weighted by molar-refractivity contribution is 7.15. The number of aryl methyl sites for hydroxylation is 1. The standard InChI is InChI=1S/C14H25N3OS/c1-10-13(11(2)18)19-14(15-10)17(4)9-12-5-7-16(3)8-6-12/h11-12,18H,5-9H2,1-4H3. The molecule has 2 rings (SSSR count). The minimum Gasteiger partial charge on any atom is -0.388 e. The first-order chi connectivity index (χ1) is 8.97. The van der Waals surface area contributed by atoms with Crippen molar-refractivity contribution in [1.29, 1.82) is 0 Å². The second kappa shape index (κ2) is 6.20. The van der Waals surface area contributed by atoms with Crippen molar-refractivity contribution in [3.63, 3.8) is 0 Å². The second-order valence-corrected chi connectivity index (χ2v) is 6.76. The van der Waals surface area contributed by atoms with Crippen LogP contribution in [0.1, 0.15) is 36.4 Å². The third kappa shape index (κ3) is 3.68. The van der Waals surface area contributed by atoms with Crippen LogP contribution in [0.4, 0.5) is 5.13 Å². The molecule has 4 nitrogen and oxygen atoms in total. The molecule has 1 N–H and O–H groups in total. The Morgan fingerprint density at radius 1 is 1.47 bits per heavy atom. The summed E-state index contributed by atoms with van der Waals surface area (Å²) in [6.07, 6.45) is 2.13. The molecule has 0 spiro atoms. The van der Waals surface area contributed by atoms with Gasteiger partial charge in [0.2, 0.25) is 0 Å². The summed E-state index contributed by atoms with van der Waals surface area (Å²) in [4.78, 5) is 10.2. The first kappa shape index (κ1) is 14.8. The maximum absolute atomic E-state index is 9.70. The lowest BCUT2D eigenvalue weighted by atomic mass is 9.97. The third-order valence-corrected chi connectivity index (χ3v) is 5.34. The van der Waals surface area contributed by atoms with Gasteiger partial charge in [0.25, 0.3) is 0 Å². The number of piperidine rings is 1. The molecule has 1 saturated heterocycles. The maximum Gasteiger partial charge on any atom is 0.185 e. The highest BCUT2D eigenvalue weighted by atomic mass is 32.1. The van der Waals surface area contributed by atoms with E-state index in [9.17, 15) is 5.11 Å². The topological polar surface area (TPSA) is 39.6 Å². The lowest BCUT2D eigenvalue weighted by Crippen LogP contribution is -2.35. The van der Waals surface area contributed by atoms with Crippen molar-refractivity contribution in [2.75, 3.05) is 38.6 Å². The van der Waals surface area contributed by atoms with Crippen LogP contribution in [-0.4, -0.2) is 48.7 Å². The van der Waals surface area contributed by atoms with Gasteiger partial charge in [0.15, 0.2) is 5.13 Å². The van der Waals surface area contributed by atoms with Crippen LogP contribution in [0.15, 0.2) is 0 Å². The fraction of sp³-hybridized carbons (Fsp3) is 0.786. The van der Waals surface area contributed by atoms with E-state index < -0.39 is 6.10 Å². The van der Waals surface area contributed by atoms with E-state index >= 15 is 0 Å². The average Bonchev–Trinajstić information content (AvgIpc) is 2.74. The van der Waals surface area contributed by atoms with Gasteiger partial charge in [-0.1, -0.05) is 11.3 Å². The Kier molecular flexibility index (Phi) is 4.81. The zero-order valence-corrected chi connectivity index (χ0v) is 13.2. The number of aliphatic hydroxyl groups excluding tert-OH is 1. The number of aliphatic hydroxyl groups is 1. The minimum absolute atomic E-state index is 0.414. The van der Waals surface area contributed by atoms with Crippen molar-refractivity contribution >= 4 is 16.5 Å². The lowest BCUT2D eigenvalue weighted by molar-refractivity contribution is 0.202. The fourth-order valence-electron chi connectivity index (χ4n) is 2.65. The van der Waals surface area contributed by atoms with E-state index in [2.05, 4.69) is 28.9 Å². The molecule has 1 atom stereocenters. The molecular weight excluding hydrogens is 258 g/mol. The van der Waals surface area contributed by atoms with Crippen molar-refractivity contribution in [1.82, 2.24) is 9.88 Å². The Labute approximate surface area is 120 Å². The predicted octanol–water partition coefficient (Wildman–Crippen LogP) is 2.28. The molecule has 0 bridgehead atoms. The van der Waals surface area contributed by atoms with Gasteiger partial charge >= 0.3 is 0 Å². The summed E-state index contributed by atoms with van der Waals surface area (Å²) in [7, 11) is 4.31. The van der Waals surface area contributed by atoms with Gasteiger partial charge in [-0.3, -0.25) is 0 Å². The Bertz CT molecular complexity index is 411. The molecule has 0 amide bonds. The fourth-order valence-corrected chi connectivity index (χ4v) is 3.63. The Morgan fingerprint density at radius 2 is 2.11 bits per heavy atom. The van der Waals surface area contributed by atoms with Gasteiger partial charge in [0, 0.05) is 13.6 Å². The number of likely N-dealkylation sites (tertiary alicyclic amines) is 1. The normalized spacial score (nSPS) is 19.6.